The van der Waals surface area contributed by atoms with Crippen LogP contribution in [0.3, 0.4) is 0 Å². The van der Waals surface area contributed by atoms with E-state index in [0.29, 0.717) is 45.9 Å². The highest BCUT2D eigenvalue weighted by atomic mass is 19.1. The maximum absolute atomic E-state index is 13.3. The first-order valence-electron chi connectivity index (χ1n) is 9.07. The highest BCUT2D eigenvalue weighted by Gasteiger charge is 2.23. The number of nitrogens with one attached hydrogen (secondary N) is 1. The number of furan rings is 1. The van der Waals surface area contributed by atoms with Crippen molar-refractivity contribution in [1.82, 2.24) is 5.32 Å². The van der Waals surface area contributed by atoms with Crippen LogP contribution in [0.15, 0.2) is 71.1 Å². The van der Waals surface area contributed by atoms with Crippen LogP contribution in [-0.2, 0) is 6.61 Å². The summed E-state index contributed by atoms with van der Waals surface area (Å²) in [6.45, 7) is 0.342. The van der Waals surface area contributed by atoms with Crippen molar-refractivity contribution in [3.05, 3.63) is 83.7 Å². The van der Waals surface area contributed by atoms with E-state index in [1.54, 1.807) is 31.3 Å². The van der Waals surface area contributed by atoms with Gasteiger partial charge in [-0.15, -0.1) is 0 Å². The van der Waals surface area contributed by atoms with Gasteiger partial charge in [-0.25, -0.2) is 4.39 Å². The molecule has 3 aromatic carbocycles. The van der Waals surface area contributed by atoms with Crippen molar-refractivity contribution in [1.29, 1.82) is 0 Å². The Bertz CT molecular complexity index is 1170. The predicted molar refractivity (Wildman–Crippen MR) is 110 cm³/mol. The number of carbonyl (C=O) groups is 1. The summed E-state index contributed by atoms with van der Waals surface area (Å²) in [7, 11) is 1.54. The molecule has 3 N–H and O–H groups in total. The Labute approximate surface area is 166 Å². The van der Waals surface area contributed by atoms with E-state index in [-0.39, 0.29) is 11.7 Å². The van der Waals surface area contributed by atoms with Crippen molar-refractivity contribution >= 4 is 22.6 Å². The Balaban J connectivity index is 1.80. The number of hydrogen-bond donors (Lipinski definition) is 2. The lowest BCUT2D eigenvalue weighted by atomic mass is 10.0. The summed E-state index contributed by atoms with van der Waals surface area (Å²) in [5.41, 5.74) is 8.93. The van der Waals surface area contributed by atoms with Crippen LogP contribution < -0.4 is 15.8 Å². The van der Waals surface area contributed by atoms with Crippen molar-refractivity contribution in [2.45, 2.75) is 6.61 Å². The minimum absolute atomic E-state index is 0.318. The molecule has 0 fully saturated rings. The molecule has 0 aliphatic heterocycles. The van der Waals surface area contributed by atoms with Gasteiger partial charge in [0.15, 0.2) is 0 Å². The van der Waals surface area contributed by atoms with Crippen LogP contribution in [0.4, 0.5) is 10.1 Å². The zero-order chi connectivity index (χ0) is 20.4. The van der Waals surface area contributed by atoms with Crippen LogP contribution in [0.1, 0.15) is 15.9 Å². The van der Waals surface area contributed by atoms with E-state index in [1.807, 2.05) is 30.3 Å². The third kappa shape index (κ3) is 3.65. The van der Waals surface area contributed by atoms with E-state index in [4.69, 9.17) is 14.9 Å². The van der Waals surface area contributed by atoms with Gasteiger partial charge in [-0.2, -0.15) is 0 Å². The lowest BCUT2D eigenvalue weighted by Crippen LogP contribution is -2.18. The third-order valence-corrected chi connectivity index (χ3v) is 4.62. The lowest BCUT2D eigenvalue weighted by molar-refractivity contribution is 0.0964. The van der Waals surface area contributed by atoms with Crippen molar-refractivity contribution < 1.29 is 18.3 Å². The quantitative estimate of drug-likeness (QED) is 0.482. The van der Waals surface area contributed by atoms with Crippen LogP contribution >= 0.6 is 0 Å². The molecule has 0 aliphatic carbocycles. The number of hydrogen-bond acceptors (Lipinski definition) is 4. The first-order valence-corrected chi connectivity index (χ1v) is 9.07. The Morgan fingerprint density at radius 1 is 1.10 bits per heavy atom. The maximum Gasteiger partial charge on any atom is 0.255 e. The summed E-state index contributed by atoms with van der Waals surface area (Å²) in [4.78, 5) is 12.6. The first-order chi connectivity index (χ1) is 14.1. The van der Waals surface area contributed by atoms with Crippen molar-refractivity contribution in [3.63, 3.8) is 0 Å². The normalized spacial score (nSPS) is 10.8. The number of nitrogens with two attached hydrogens (primary N) is 1. The molecular weight excluding hydrogens is 371 g/mol. The third-order valence-electron chi connectivity index (χ3n) is 4.62. The number of amides is 1. The minimum atomic E-state index is -0.368. The number of anilines is 1. The van der Waals surface area contributed by atoms with Gasteiger partial charge in [0.1, 0.15) is 29.5 Å². The van der Waals surface area contributed by atoms with Crippen LogP contribution in [0.25, 0.3) is 22.3 Å². The zero-order valence-corrected chi connectivity index (χ0v) is 15.7. The molecule has 0 radical (unpaired) electrons. The second-order valence-electron chi connectivity index (χ2n) is 6.55. The largest absolute Gasteiger partial charge is 0.487 e. The van der Waals surface area contributed by atoms with Gasteiger partial charge in [0.25, 0.3) is 5.91 Å². The molecule has 6 heteroatoms. The predicted octanol–water partition coefficient (Wildman–Crippen LogP) is 4.76. The molecule has 29 heavy (non-hydrogen) atoms. The second kappa shape index (κ2) is 7.67. The fourth-order valence-corrected chi connectivity index (χ4v) is 3.15. The Hall–Kier alpha value is -3.80. The van der Waals surface area contributed by atoms with Gasteiger partial charge >= 0.3 is 0 Å². The molecule has 5 nitrogen and oxygen atoms in total. The van der Waals surface area contributed by atoms with Gasteiger partial charge in [-0.3, -0.25) is 4.79 Å². The Morgan fingerprint density at radius 2 is 1.83 bits per heavy atom. The fraction of sp³-hybridized carbons (Fsp3) is 0.0870. The molecule has 4 aromatic rings. The minimum Gasteiger partial charge on any atom is -0.487 e. The number of halogens is 1. The second-order valence-corrected chi connectivity index (χ2v) is 6.55. The summed E-state index contributed by atoms with van der Waals surface area (Å²) >= 11 is 0. The molecule has 0 unspecified atom stereocenters. The van der Waals surface area contributed by atoms with Crippen LogP contribution in [-0.4, -0.2) is 13.0 Å². The Morgan fingerprint density at radius 3 is 2.52 bits per heavy atom. The summed E-state index contributed by atoms with van der Waals surface area (Å²) in [5.74, 6) is 0.117. The summed E-state index contributed by atoms with van der Waals surface area (Å²) in [5, 5.41) is 3.20. The molecule has 0 atom stereocenters. The van der Waals surface area contributed by atoms with Gasteiger partial charge in [-0.1, -0.05) is 30.3 Å². The van der Waals surface area contributed by atoms with Crippen molar-refractivity contribution in [2.75, 3.05) is 12.8 Å². The molecule has 146 valence electrons. The van der Waals surface area contributed by atoms with Gasteiger partial charge in [0.2, 0.25) is 0 Å². The van der Waals surface area contributed by atoms with E-state index < -0.39 is 0 Å². The first kappa shape index (κ1) is 18.6. The molecule has 0 saturated carbocycles. The van der Waals surface area contributed by atoms with E-state index in [0.717, 1.165) is 5.56 Å². The van der Waals surface area contributed by atoms with Crippen molar-refractivity contribution in [3.8, 4) is 17.1 Å². The van der Waals surface area contributed by atoms with Crippen molar-refractivity contribution in [2.24, 2.45) is 0 Å². The summed E-state index contributed by atoms with van der Waals surface area (Å²) < 4.78 is 25.1. The monoisotopic (exact) mass is 390 g/mol. The van der Waals surface area contributed by atoms with E-state index in [9.17, 15) is 9.18 Å². The lowest BCUT2D eigenvalue weighted by Gasteiger charge is -2.09. The molecule has 0 saturated heterocycles. The van der Waals surface area contributed by atoms with E-state index in [1.165, 1.54) is 12.1 Å². The average molecular weight is 390 g/mol. The average Bonchev–Trinajstić information content (AvgIpc) is 3.10. The molecular formula is C23H19FN2O3. The SMILES string of the molecule is CNC(=O)c1c(-c2ccc(F)cc2)oc2cc(N)c(OCc3ccccc3)cc12. The number of ether oxygens (including phenoxy) is 1. The van der Waals surface area contributed by atoms with Gasteiger partial charge in [0.05, 0.1) is 11.3 Å². The van der Waals surface area contributed by atoms with Crippen LogP contribution in [0.5, 0.6) is 5.75 Å². The molecule has 0 spiro atoms. The maximum atomic E-state index is 13.3. The molecule has 4 rings (SSSR count). The van der Waals surface area contributed by atoms with Gasteiger partial charge in [-0.05, 0) is 35.9 Å². The van der Waals surface area contributed by atoms with Gasteiger partial charge < -0.3 is 20.2 Å². The molecule has 0 aliphatic rings. The Kier molecular flexibility index (Phi) is 4.91. The smallest absolute Gasteiger partial charge is 0.255 e. The zero-order valence-electron chi connectivity index (χ0n) is 15.7. The topological polar surface area (TPSA) is 77.5 Å². The molecule has 0 bridgehead atoms. The number of nitrogen functional groups attached to an aromatic ring is 1. The fourth-order valence-electron chi connectivity index (χ4n) is 3.15. The highest BCUT2D eigenvalue weighted by molar-refractivity contribution is 6.11. The number of benzene rings is 3. The molecule has 1 heterocycles. The van der Waals surface area contributed by atoms with Crippen LogP contribution in [0.2, 0.25) is 0 Å². The van der Waals surface area contributed by atoms with E-state index in [2.05, 4.69) is 5.32 Å². The number of rotatable bonds is 5. The van der Waals surface area contributed by atoms with E-state index >= 15 is 0 Å². The summed E-state index contributed by atoms with van der Waals surface area (Å²) in [6.07, 6.45) is 0. The number of carbonyl (C=O) groups excluding carboxylic acids is 1. The summed E-state index contributed by atoms with van der Waals surface area (Å²) in [6, 6.07) is 18.8. The van der Waals surface area contributed by atoms with Crippen LogP contribution in [0, 0.1) is 5.82 Å². The highest BCUT2D eigenvalue weighted by Crippen LogP contribution is 2.38. The molecule has 1 aromatic heterocycles. The molecule has 1 amide bonds. The van der Waals surface area contributed by atoms with Gasteiger partial charge in [0, 0.05) is 24.1 Å². The standard InChI is InChI=1S/C23H19FN2O3/c1-26-23(27)21-17-11-20(28-13-14-5-3-2-4-6-14)18(25)12-19(17)29-22(21)15-7-9-16(24)10-8-15/h2-12H,13,25H2,1H3,(H,26,27). The number of fused-ring (bicyclic) bond motifs is 1.